The number of ether oxygens (including phenoxy) is 3. The van der Waals surface area contributed by atoms with Crippen LogP contribution in [-0.2, 0) is 23.6 Å². The van der Waals surface area contributed by atoms with E-state index < -0.39 is 103 Å². The molecular formula is C42H50F17NO7SSi. The van der Waals surface area contributed by atoms with Gasteiger partial charge in [-0.2, -0.15) is 78.9 Å². The summed E-state index contributed by atoms with van der Waals surface area (Å²) >= 11 is 0. The highest BCUT2D eigenvalue weighted by Gasteiger charge is 2.95. The normalized spacial score (nSPS) is 14.8. The van der Waals surface area contributed by atoms with Gasteiger partial charge in [0.05, 0.1) is 45.0 Å². The van der Waals surface area contributed by atoms with Crippen molar-refractivity contribution >= 4 is 18.6 Å². The van der Waals surface area contributed by atoms with Crippen LogP contribution in [-0.4, -0.2) is 116 Å². The minimum absolute atomic E-state index is 0.0387. The number of hydrogen-bond acceptors (Lipinski definition) is 7. The lowest BCUT2D eigenvalue weighted by Gasteiger charge is -2.43. The third kappa shape index (κ3) is 12.2. The van der Waals surface area contributed by atoms with E-state index in [9.17, 15) is 83.1 Å². The maximum absolute atomic E-state index is 15.0. The van der Waals surface area contributed by atoms with Gasteiger partial charge in [0.2, 0.25) is 10.0 Å². The molecular weight excluding hydrogens is 1010 g/mol. The average molecular weight is 1060 g/mol. The van der Waals surface area contributed by atoms with E-state index in [-0.39, 0.29) is 34.2 Å². The number of rotatable bonds is 28. The maximum atomic E-state index is 15.0. The first-order valence-electron chi connectivity index (χ1n) is 20.1. The fourth-order valence-electron chi connectivity index (χ4n) is 6.44. The standard InChI is InChI=1S/C42H50F17NO7SSi/c1-10-33(32-18-15-30(63-8)23-34(32)64-9)67-69(26(2)3,27(4)5)66-22-12-11-21-65-25-29(7)24-60(68(61,62)31-16-13-28(6)14-17-31)20-19-35(43,44)36(45,46)37(47,48)38(49,50)39(51,52)40(53,54)41(55,56)42(57,58)59/h10-18,23,26-27,33H,1,7,19-22,24-25H2,2-6,8-9H3/b12-11-. The van der Waals surface area contributed by atoms with Gasteiger partial charge in [-0.15, -0.1) is 6.58 Å². The van der Waals surface area contributed by atoms with Crippen molar-refractivity contribution in [2.45, 2.75) is 111 Å². The van der Waals surface area contributed by atoms with Crippen LogP contribution in [0.5, 0.6) is 11.5 Å². The summed E-state index contributed by atoms with van der Waals surface area (Å²) in [5.74, 6) is -56.9. The van der Waals surface area contributed by atoms with E-state index in [1.807, 2.05) is 27.7 Å². The molecule has 0 aliphatic rings. The summed E-state index contributed by atoms with van der Waals surface area (Å²) in [7, 11) is -5.38. The zero-order valence-corrected chi connectivity index (χ0v) is 39.6. The highest BCUT2D eigenvalue weighted by molar-refractivity contribution is 7.89. The van der Waals surface area contributed by atoms with E-state index in [2.05, 4.69) is 13.2 Å². The molecule has 1 unspecified atom stereocenters. The molecule has 27 heteroatoms. The predicted molar refractivity (Wildman–Crippen MR) is 220 cm³/mol. The molecule has 0 fully saturated rings. The minimum Gasteiger partial charge on any atom is -0.497 e. The van der Waals surface area contributed by atoms with Crippen LogP contribution in [0.3, 0.4) is 0 Å². The fourth-order valence-corrected chi connectivity index (χ4v) is 11.5. The third-order valence-electron chi connectivity index (χ3n) is 10.5. The van der Waals surface area contributed by atoms with Crippen LogP contribution >= 0.6 is 0 Å². The molecule has 2 aromatic carbocycles. The van der Waals surface area contributed by atoms with Crippen molar-refractivity contribution in [3.8, 4) is 11.5 Å². The van der Waals surface area contributed by atoms with E-state index in [0.717, 1.165) is 24.3 Å². The van der Waals surface area contributed by atoms with Gasteiger partial charge >= 0.3 is 56.2 Å². The lowest BCUT2D eigenvalue weighted by molar-refractivity contribution is -0.461. The summed E-state index contributed by atoms with van der Waals surface area (Å²) in [6, 6.07) is 9.14. The van der Waals surface area contributed by atoms with Gasteiger partial charge in [-0.05, 0) is 47.8 Å². The van der Waals surface area contributed by atoms with Crippen LogP contribution in [0, 0.1) is 6.92 Å². The molecule has 0 N–H and O–H groups in total. The first kappa shape index (κ1) is 61.2. The van der Waals surface area contributed by atoms with Crippen LogP contribution in [0.2, 0.25) is 11.1 Å². The summed E-state index contributed by atoms with van der Waals surface area (Å²) < 4.78 is 292. The number of hydrogen-bond donors (Lipinski definition) is 0. The van der Waals surface area contributed by atoms with Gasteiger partial charge in [0.25, 0.3) is 0 Å². The van der Waals surface area contributed by atoms with Crippen LogP contribution in [0.25, 0.3) is 0 Å². The van der Waals surface area contributed by atoms with E-state index >= 15 is 0 Å². The van der Waals surface area contributed by atoms with Gasteiger partial charge in [-0.1, -0.05) is 70.2 Å². The van der Waals surface area contributed by atoms with Crippen molar-refractivity contribution in [1.29, 1.82) is 0 Å². The number of benzene rings is 2. The summed E-state index contributed by atoms with van der Waals surface area (Å²) in [6.45, 7) is 12.3. The Balaban J connectivity index is 2.32. The number of alkyl halides is 17. The highest BCUT2D eigenvalue weighted by atomic mass is 32.2. The first-order chi connectivity index (χ1) is 31.2. The zero-order valence-electron chi connectivity index (χ0n) is 37.8. The molecule has 8 nitrogen and oxygen atoms in total. The molecule has 0 bridgehead atoms. The molecule has 69 heavy (non-hydrogen) atoms. The van der Waals surface area contributed by atoms with E-state index in [1.165, 1.54) is 33.3 Å². The molecule has 0 aliphatic heterocycles. The van der Waals surface area contributed by atoms with Gasteiger partial charge in [-0.3, -0.25) is 0 Å². The highest BCUT2D eigenvalue weighted by Crippen LogP contribution is 2.64. The molecule has 0 amide bonds. The molecule has 394 valence electrons. The SMILES string of the molecule is C=CC(O[Si](OC/C=C\COCC(=C)CN(CCC(F)(F)C(F)(F)C(F)(F)C(F)(F)C(F)(F)C(F)(F)C(F)(F)C(F)(F)F)S(=O)(=O)c1ccc(C)cc1)(C(C)C)C(C)C)c1ccc(OC)cc1OC. The summed E-state index contributed by atoms with van der Waals surface area (Å²) in [5, 5.41) is 0. The summed E-state index contributed by atoms with van der Waals surface area (Å²) in [4.78, 5) is -0.766. The second-order valence-corrected chi connectivity index (χ2v) is 22.2. The number of nitrogens with zero attached hydrogens (tertiary/aromatic N) is 1. The largest absolute Gasteiger partial charge is 0.497 e. The van der Waals surface area contributed by atoms with Crippen LogP contribution < -0.4 is 9.47 Å². The number of aryl methyl sites for hydroxylation is 1. The third-order valence-corrected chi connectivity index (χ3v) is 16.8. The van der Waals surface area contributed by atoms with Crippen molar-refractivity contribution in [3.63, 3.8) is 0 Å². The molecule has 0 spiro atoms. The molecule has 2 rings (SSSR count). The smallest absolute Gasteiger partial charge is 0.460 e. The monoisotopic (exact) mass is 1060 g/mol. The van der Waals surface area contributed by atoms with E-state index in [1.54, 1.807) is 24.3 Å². The van der Waals surface area contributed by atoms with Crippen molar-refractivity contribution in [2.75, 3.05) is 47.1 Å². The predicted octanol–water partition coefficient (Wildman–Crippen LogP) is 12.8. The Hall–Kier alpha value is -3.92. The second kappa shape index (κ2) is 22.2. The Bertz CT molecular complexity index is 2180. The van der Waals surface area contributed by atoms with Crippen molar-refractivity contribution in [3.05, 3.63) is 90.6 Å². The Morgan fingerprint density at radius 3 is 1.67 bits per heavy atom. The Kier molecular flexibility index (Phi) is 19.7. The Morgan fingerprint density at radius 2 is 1.20 bits per heavy atom. The van der Waals surface area contributed by atoms with Gasteiger partial charge in [0, 0.05) is 31.1 Å². The lowest BCUT2D eigenvalue weighted by Crippen LogP contribution is -2.74. The van der Waals surface area contributed by atoms with Crippen LogP contribution in [0.15, 0.2) is 84.3 Å². The van der Waals surface area contributed by atoms with E-state index in [4.69, 9.17) is 23.1 Å². The number of sulfonamides is 1. The van der Waals surface area contributed by atoms with Crippen molar-refractivity contribution < 1.29 is 106 Å². The topological polar surface area (TPSA) is 83.5 Å². The first-order valence-corrected chi connectivity index (χ1v) is 23.5. The van der Waals surface area contributed by atoms with Crippen molar-refractivity contribution in [2.24, 2.45) is 0 Å². The molecule has 0 heterocycles. The maximum Gasteiger partial charge on any atom is 0.460 e. The van der Waals surface area contributed by atoms with Gasteiger partial charge in [0.15, 0.2) is 0 Å². The molecule has 2 aromatic rings. The molecule has 0 radical (unpaired) electrons. The Morgan fingerprint density at radius 1 is 0.710 bits per heavy atom. The zero-order chi connectivity index (χ0) is 53.6. The second-order valence-electron chi connectivity index (χ2n) is 16.0. The fraction of sp³-hybridized carbons (Fsp3) is 0.571. The summed E-state index contributed by atoms with van der Waals surface area (Å²) in [5.41, 5.74) is 0.414. The average Bonchev–Trinajstić information content (AvgIpc) is 3.24. The molecule has 1 atom stereocenters. The number of methoxy groups -OCH3 is 2. The molecule has 0 aromatic heterocycles. The van der Waals surface area contributed by atoms with Crippen molar-refractivity contribution in [1.82, 2.24) is 4.31 Å². The lowest BCUT2D eigenvalue weighted by atomic mass is 9.88. The molecule has 0 saturated carbocycles. The van der Waals surface area contributed by atoms with Gasteiger partial charge in [-0.25, -0.2) is 8.42 Å². The number of halogens is 17. The minimum atomic E-state index is -8.80. The summed E-state index contributed by atoms with van der Waals surface area (Å²) in [6.07, 6.45) is -7.06. The quantitative estimate of drug-likeness (QED) is 0.0363. The molecule has 0 aliphatic carbocycles. The van der Waals surface area contributed by atoms with Crippen LogP contribution in [0.4, 0.5) is 74.6 Å². The van der Waals surface area contributed by atoms with Gasteiger partial charge in [0.1, 0.15) is 11.5 Å². The van der Waals surface area contributed by atoms with Gasteiger partial charge < -0.3 is 23.1 Å². The Labute approximate surface area is 388 Å². The van der Waals surface area contributed by atoms with E-state index in [0.29, 0.717) is 22.6 Å². The molecule has 0 saturated heterocycles. The van der Waals surface area contributed by atoms with Crippen LogP contribution in [0.1, 0.15) is 51.3 Å².